The van der Waals surface area contributed by atoms with Crippen LogP contribution in [-0.4, -0.2) is 15.9 Å². The highest BCUT2D eigenvalue weighted by atomic mass is 32.1. The van der Waals surface area contributed by atoms with Crippen LogP contribution >= 0.6 is 12.2 Å². The number of para-hydroxylation sites is 1. The number of nitrogens with zero attached hydrogens (tertiary/aromatic N) is 2. The standard InChI is InChI=1S/C13H14N4S/c1-17-9-5-8-12(17)10-14-16-13(18)15-11-6-3-2-4-7-11/h2-10H,1H3,(H2,15,16,18)/b14-10-. The van der Waals surface area contributed by atoms with E-state index < -0.39 is 0 Å². The zero-order chi connectivity index (χ0) is 12.8. The van der Waals surface area contributed by atoms with Gasteiger partial charge in [-0.25, -0.2) is 0 Å². The number of hydrogen-bond acceptors (Lipinski definition) is 2. The van der Waals surface area contributed by atoms with Crippen LogP contribution in [0.15, 0.2) is 53.8 Å². The predicted octanol–water partition coefficient (Wildman–Crippen LogP) is 2.35. The highest BCUT2D eigenvalue weighted by molar-refractivity contribution is 7.80. The lowest BCUT2D eigenvalue weighted by Crippen LogP contribution is -2.23. The van der Waals surface area contributed by atoms with Crippen LogP contribution in [0.4, 0.5) is 5.69 Å². The first-order chi connectivity index (χ1) is 8.75. The minimum absolute atomic E-state index is 0.464. The number of thiocarbonyl (C=S) groups is 1. The Hall–Kier alpha value is -2.14. The van der Waals surface area contributed by atoms with Crippen LogP contribution in [0.1, 0.15) is 5.69 Å². The van der Waals surface area contributed by atoms with Crippen molar-refractivity contribution in [1.29, 1.82) is 0 Å². The number of nitrogens with one attached hydrogen (secondary N) is 2. The third-order valence-electron chi connectivity index (χ3n) is 2.38. The summed E-state index contributed by atoms with van der Waals surface area (Å²) in [6.07, 6.45) is 3.68. The van der Waals surface area contributed by atoms with Crippen LogP contribution in [-0.2, 0) is 7.05 Å². The smallest absolute Gasteiger partial charge is 0.191 e. The fraction of sp³-hybridized carbons (Fsp3) is 0.0769. The van der Waals surface area contributed by atoms with Gasteiger partial charge in [-0.05, 0) is 36.5 Å². The van der Waals surface area contributed by atoms with E-state index in [-0.39, 0.29) is 0 Å². The Morgan fingerprint density at radius 3 is 2.67 bits per heavy atom. The van der Waals surface area contributed by atoms with Gasteiger partial charge in [0.25, 0.3) is 0 Å². The van der Waals surface area contributed by atoms with Crippen molar-refractivity contribution in [3.05, 3.63) is 54.4 Å². The molecule has 92 valence electrons. The second-order valence-corrected chi connectivity index (χ2v) is 4.14. The molecule has 0 aliphatic heterocycles. The number of hydrogen-bond donors (Lipinski definition) is 2. The summed E-state index contributed by atoms with van der Waals surface area (Å²) in [5, 5.41) is 7.57. The molecule has 0 spiro atoms. The van der Waals surface area contributed by atoms with Gasteiger partial charge < -0.3 is 9.88 Å². The summed E-state index contributed by atoms with van der Waals surface area (Å²) in [5.41, 5.74) is 4.71. The molecule has 0 amide bonds. The predicted molar refractivity (Wildman–Crippen MR) is 78.8 cm³/mol. The minimum atomic E-state index is 0.464. The quantitative estimate of drug-likeness (QED) is 0.504. The number of hydrazone groups is 1. The molecule has 0 saturated heterocycles. The van der Waals surface area contributed by atoms with E-state index in [1.165, 1.54) is 0 Å². The molecule has 5 heteroatoms. The van der Waals surface area contributed by atoms with E-state index >= 15 is 0 Å². The molecule has 0 aliphatic carbocycles. The van der Waals surface area contributed by atoms with Gasteiger partial charge in [-0.15, -0.1) is 0 Å². The molecule has 4 nitrogen and oxygen atoms in total. The van der Waals surface area contributed by atoms with Gasteiger partial charge in [-0.1, -0.05) is 18.2 Å². The lowest BCUT2D eigenvalue weighted by atomic mass is 10.3. The van der Waals surface area contributed by atoms with Crippen molar-refractivity contribution in [2.24, 2.45) is 12.1 Å². The molecule has 0 atom stereocenters. The molecule has 0 aliphatic rings. The van der Waals surface area contributed by atoms with Crippen LogP contribution in [0.5, 0.6) is 0 Å². The molecule has 2 N–H and O–H groups in total. The van der Waals surface area contributed by atoms with Crippen LogP contribution in [0, 0.1) is 0 Å². The molecule has 0 saturated carbocycles. The second-order valence-electron chi connectivity index (χ2n) is 3.73. The monoisotopic (exact) mass is 258 g/mol. The summed E-state index contributed by atoms with van der Waals surface area (Å²) >= 11 is 5.12. The Kier molecular flexibility index (Phi) is 4.09. The SMILES string of the molecule is Cn1cccc1/C=N\NC(=S)Nc1ccccc1. The lowest BCUT2D eigenvalue weighted by Gasteiger charge is -2.06. The average molecular weight is 258 g/mol. The first kappa shape index (κ1) is 12.3. The zero-order valence-electron chi connectivity index (χ0n) is 10.00. The average Bonchev–Trinajstić information content (AvgIpc) is 2.76. The number of rotatable bonds is 3. The molecule has 2 rings (SSSR count). The zero-order valence-corrected chi connectivity index (χ0v) is 10.8. The van der Waals surface area contributed by atoms with Crippen molar-refractivity contribution in [2.75, 3.05) is 5.32 Å². The van der Waals surface area contributed by atoms with Crippen LogP contribution in [0.25, 0.3) is 0 Å². The van der Waals surface area contributed by atoms with Crippen molar-refractivity contribution in [2.45, 2.75) is 0 Å². The van der Waals surface area contributed by atoms with Crippen LogP contribution in [0.2, 0.25) is 0 Å². The summed E-state index contributed by atoms with van der Waals surface area (Å²) in [6, 6.07) is 13.6. The van der Waals surface area contributed by atoms with E-state index in [0.29, 0.717) is 5.11 Å². The second kappa shape index (κ2) is 5.97. The molecule has 0 fully saturated rings. The van der Waals surface area contributed by atoms with E-state index in [9.17, 15) is 0 Å². The van der Waals surface area contributed by atoms with Gasteiger partial charge in [0.05, 0.1) is 11.9 Å². The van der Waals surface area contributed by atoms with Crippen molar-refractivity contribution in [1.82, 2.24) is 9.99 Å². The number of aromatic nitrogens is 1. The highest BCUT2D eigenvalue weighted by Crippen LogP contribution is 2.04. The molecule has 1 heterocycles. The summed E-state index contributed by atoms with van der Waals surface area (Å²) < 4.78 is 1.97. The van der Waals surface area contributed by atoms with E-state index in [0.717, 1.165) is 11.4 Å². The molecular weight excluding hydrogens is 244 g/mol. The Morgan fingerprint density at radius 1 is 1.22 bits per heavy atom. The molecule has 18 heavy (non-hydrogen) atoms. The van der Waals surface area contributed by atoms with E-state index in [2.05, 4.69) is 15.8 Å². The van der Waals surface area contributed by atoms with Gasteiger partial charge in [0.2, 0.25) is 0 Å². The Labute approximate surface area is 111 Å². The highest BCUT2D eigenvalue weighted by Gasteiger charge is 1.95. The Balaban J connectivity index is 1.86. The maximum Gasteiger partial charge on any atom is 0.191 e. The van der Waals surface area contributed by atoms with E-state index in [4.69, 9.17) is 12.2 Å². The van der Waals surface area contributed by atoms with Gasteiger partial charge in [0.15, 0.2) is 5.11 Å². The summed E-state index contributed by atoms with van der Waals surface area (Å²) in [5.74, 6) is 0. The fourth-order valence-electron chi connectivity index (χ4n) is 1.45. The Bertz CT molecular complexity index is 545. The van der Waals surface area contributed by atoms with Gasteiger partial charge >= 0.3 is 0 Å². The summed E-state index contributed by atoms with van der Waals surface area (Å²) in [7, 11) is 1.96. The maximum atomic E-state index is 5.12. The normalized spacial score (nSPS) is 10.5. The summed E-state index contributed by atoms with van der Waals surface area (Å²) in [4.78, 5) is 0. The molecular formula is C13H14N4S. The van der Waals surface area contributed by atoms with Crippen LogP contribution in [0.3, 0.4) is 0 Å². The lowest BCUT2D eigenvalue weighted by molar-refractivity contribution is 0.914. The van der Waals surface area contributed by atoms with Crippen molar-refractivity contribution in [3.63, 3.8) is 0 Å². The summed E-state index contributed by atoms with van der Waals surface area (Å²) in [6.45, 7) is 0. The third-order valence-corrected chi connectivity index (χ3v) is 2.57. The van der Waals surface area contributed by atoms with Crippen molar-refractivity contribution >= 4 is 29.2 Å². The van der Waals surface area contributed by atoms with E-state index in [1.54, 1.807) is 6.21 Å². The molecule has 1 aromatic carbocycles. The van der Waals surface area contributed by atoms with Gasteiger partial charge in [0, 0.05) is 18.9 Å². The maximum absolute atomic E-state index is 5.12. The van der Waals surface area contributed by atoms with Crippen molar-refractivity contribution < 1.29 is 0 Å². The Morgan fingerprint density at radius 2 is 2.00 bits per heavy atom. The van der Waals surface area contributed by atoms with Gasteiger partial charge in [-0.2, -0.15) is 5.10 Å². The number of aryl methyl sites for hydroxylation is 1. The van der Waals surface area contributed by atoms with Crippen molar-refractivity contribution in [3.8, 4) is 0 Å². The third kappa shape index (κ3) is 3.43. The molecule has 0 bridgehead atoms. The van der Waals surface area contributed by atoms with Gasteiger partial charge in [0.1, 0.15) is 0 Å². The van der Waals surface area contributed by atoms with Crippen LogP contribution < -0.4 is 10.7 Å². The number of anilines is 1. The fourth-order valence-corrected chi connectivity index (χ4v) is 1.62. The number of benzene rings is 1. The largest absolute Gasteiger partial charge is 0.350 e. The molecule has 0 unspecified atom stereocenters. The molecule has 1 aromatic heterocycles. The molecule has 0 radical (unpaired) electrons. The first-order valence-electron chi connectivity index (χ1n) is 5.52. The molecule has 2 aromatic rings. The first-order valence-corrected chi connectivity index (χ1v) is 5.93. The topological polar surface area (TPSA) is 41.4 Å². The minimum Gasteiger partial charge on any atom is -0.350 e. The van der Waals surface area contributed by atoms with Gasteiger partial charge in [-0.3, -0.25) is 5.43 Å². The van der Waals surface area contributed by atoms with E-state index in [1.807, 2.05) is 60.3 Å².